The number of carbonyl (C=O) groups is 2. The monoisotopic (exact) mass is 504 g/mol. The average molecular weight is 505 g/mol. The van der Waals surface area contributed by atoms with Crippen LogP contribution in [-0.2, 0) is 11.3 Å². The van der Waals surface area contributed by atoms with E-state index >= 15 is 0 Å². The van der Waals surface area contributed by atoms with E-state index in [4.69, 9.17) is 14.5 Å². The summed E-state index contributed by atoms with van der Waals surface area (Å²) >= 11 is 0. The number of hydrogen-bond donors (Lipinski definition) is 0. The Kier molecular flexibility index (Phi) is 8.16. The quantitative estimate of drug-likeness (QED) is 0.410. The average Bonchev–Trinajstić information content (AvgIpc) is 3.31. The molecular formula is C29H36N4O4. The molecule has 8 heteroatoms. The van der Waals surface area contributed by atoms with Gasteiger partial charge in [-0.05, 0) is 50.1 Å². The Labute approximate surface area is 218 Å². The summed E-state index contributed by atoms with van der Waals surface area (Å²) in [5, 5.41) is 0.827. The number of amides is 2. The summed E-state index contributed by atoms with van der Waals surface area (Å²) in [6.07, 6.45) is 2.23. The van der Waals surface area contributed by atoms with Gasteiger partial charge in [0.2, 0.25) is 5.91 Å². The molecule has 1 fully saturated rings. The highest BCUT2D eigenvalue weighted by Crippen LogP contribution is 2.35. The van der Waals surface area contributed by atoms with Crippen LogP contribution in [0.15, 0.2) is 42.5 Å². The molecule has 196 valence electrons. The highest BCUT2D eigenvalue weighted by atomic mass is 16.5. The molecule has 0 spiro atoms. The number of fused-ring (bicyclic) bond motifs is 1. The lowest BCUT2D eigenvalue weighted by Gasteiger charge is -2.27. The van der Waals surface area contributed by atoms with Crippen molar-refractivity contribution in [2.75, 3.05) is 52.8 Å². The number of anilines is 1. The van der Waals surface area contributed by atoms with Crippen molar-refractivity contribution in [1.29, 1.82) is 0 Å². The third-order valence-electron chi connectivity index (χ3n) is 6.80. The number of rotatable bonds is 10. The molecule has 0 saturated carbocycles. The van der Waals surface area contributed by atoms with Crippen molar-refractivity contribution in [1.82, 2.24) is 14.8 Å². The van der Waals surface area contributed by atoms with E-state index in [0.29, 0.717) is 55.1 Å². The maximum absolute atomic E-state index is 13.7. The topological polar surface area (TPSA) is 75.2 Å². The van der Waals surface area contributed by atoms with Crippen molar-refractivity contribution in [2.45, 2.75) is 32.7 Å². The van der Waals surface area contributed by atoms with Crippen molar-refractivity contribution in [3.8, 4) is 11.5 Å². The molecule has 4 rings (SSSR count). The van der Waals surface area contributed by atoms with Crippen LogP contribution < -0.4 is 14.4 Å². The van der Waals surface area contributed by atoms with Crippen molar-refractivity contribution in [3.05, 3.63) is 59.2 Å². The van der Waals surface area contributed by atoms with Crippen LogP contribution in [-0.4, -0.2) is 74.5 Å². The summed E-state index contributed by atoms with van der Waals surface area (Å²) in [5.74, 6) is 2.27. The van der Waals surface area contributed by atoms with Crippen LogP contribution in [0.2, 0.25) is 0 Å². The van der Waals surface area contributed by atoms with Gasteiger partial charge in [-0.2, -0.15) is 0 Å². The third-order valence-corrected chi connectivity index (χ3v) is 6.80. The van der Waals surface area contributed by atoms with Gasteiger partial charge in [-0.25, -0.2) is 4.98 Å². The van der Waals surface area contributed by atoms with Gasteiger partial charge in [0, 0.05) is 63.2 Å². The minimum Gasteiger partial charge on any atom is -0.496 e. The Morgan fingerprint density at radius 3 is 2.38 bits per heavy atom. The van der Waals surface area contributed by atoms with E-state index in [1.54, 1.807) is 14.2 Å². The van der Waals surface area contributed by atoms with Crippen LogP contribution in [0.4, 0.5) is 5.82 Å². The largest absolute Gasteiger partial charge is 0.496 e. The molecule has 0 radical (unpaired) electrons. The number of carbonyl (C=O) groups excluding carboxylic acids is 2. The summed E-state index contributed by atoms with van der Waals surface area (Å²) in [5.41, 5.74) is 3.35. The second kappa shape index (κ2) is 11.5. The van der Waals surface area contributed by atoms with Gasteiger partial charge in [0.05, 0.1) is 14.2 Å². The fourth-order valence-electron chi connectivity index (χ4n) is 4.82. The van der Waals surface area contributed by atoms with E-state index < -0.39 is 0 Å². The van der Waals surface area contributed by atoms with E-state index in [9.17, 15) is 9.59 Å². The Balaban J connectivity index is 1.69. The predicted molar refractivity (Wildman–Crippen MR) is 146 cm³/mol. The second-order valence-electron chi connectivity index (χ2n) is 9.66. The zero-order chi connectivity index (χ0) is 26.5. The summed E-state index contributed by atoms with van der Waals surface area (Å²) in [6.45, 7) is 4.35. The fourth-order valence-corrected chi connectivity index (χ4v) is 4.82. The molecule has 1 aliphatic rings. The second-order valence-corrected chi connectivity index (χ2v) is 9.66. The zero-order valence-corrected chi connectivity index (χ0v) is 22.4. The molecule has 2 aromatic carbocycles. The molecular weight excluding hydrogens is 468 g/mol. The summed E-state index contributed by atoms with van der Waals surface area (Å²) in [4.78, 5) is 36.4. The van der Waals surface area contributed by atoms with Crippen LogP contribution in [0.25, 0.3) is 10.9 Å². The third kappa shape index (κ3) is 5.79. The van der Waals surface area contributed by atoms with Crippen LogP contribution >= 0.6 is 0 Å². The molecule has 0 bridgehead atoms. The lowest BCUT2D eigenvalue weighted by molar-refractivity contribution is -0.127. The number of nitrogens with zero attached hydrogens (tertiary/aromatic N) is 4. The number of pyridine rings is 1. The molecule has 0 N–H and O–H groups in total. The number of likely N-dealkylation sites (tertiary alicyclic amines) is 1. The molecule has 3 aromatic rings. The molecule has 1 saturated heterocycles. The molecule has 2 heterocycles. The maximum Gasteiger partial charge on any atom is 0.254 e. The van der Waals surface area contributed by atoms with Gasteiger partial charge in [-0.1, -0.05) is 17.7 Å². The van der Waals surface area contributed by atoms with Gasteiger partial charge in [0.1, 0.15) is 22.8 Å². The molecule has 2 amide bonds. The van der Waals surface area contributed by atoms with Crippen LogP contribution in [0.1, 0.15) is 40.7 Å². The van der Waals surface area contributed by atoms with Crippen LogP contribution in [0, 0.1) is 6.92 Å². The number of hydrogen-bond acceptors (Lipinski definition) is 6. The first-order chi connectivity index (χ1) is 17.8. The normalized spacial score (nSPS) is 13.2. The number of benzene rings is 2. The van der Waals surface area contributed by atoms with E-state index in [-0.39, 0.29) is 11.8 Å². The van der Waals surface area contributed by atoms with Gasteiger partial charge in [0.15, 0.2) is 0 Å². The zero-order valence-electron chi connectivity index (χ0n) is 22.4. The Hall–Kier alpha value is -3.81. The highest BCUT2D eigenvalue weighted by Gasteiger charge is 2.23. The number of aryl methyl sites for hydroxylation is 1. The van der Waals surface area contributed by atoms with Gasteiger partial charge in [0.25, 0.3) is 5.91 Å². The molecule has 1 aliphatic heterocycles. The van der Waals surface area contributed by atoms with Crippen molar-refractivity contribution < 1.29 is 19.1 Å². The molecule has 8 nitrogen and oxygen atoms in total. The first-order valence-electron chi connectivity index (χ1n) is 12.7. The smallest absolute Gasteiger partial charge is 0.254 e. The van der Waals surface area contributed by atoms with E-state index in [1.165, 1.54) is 0 Å². The Bertz CT molecular complexity index is 1270. The van der Waals surface area contributed by atoms with Crippen molar-refractivity contribution in [3.63, 3.8) is 0 Å². The van der Waals surface area contributed by atoms with Crippen molar-refractivity contribution in [2.24, 2.45) is 0 Å². The predicted octanol–water partition coefficient (Wildman–Crippen LogP) is 4.28. The lowest BCUT2D eigenvalue weighted by Crippen LogP contribution is -2.35. The lowest BCUT2D eigenvalue weighted by atomic mass is 10.1. The Morgan fingerprint density at radius 2 is 1.76 bits per heavy atom. The first-order valence-corrected chi connectivity index (χ1v) is 12.7. The number of aromatic nitrogens is 1. The minimum atomic E-state index is -0.0461. The minimum absolute atomic E-state index is 0.0461. The molecule has 37 heavy (non-hydrogen) atoms. The molecule has 0 aliphatic carbocycles. The number of methoxy groups -OCH3 is 2. The first kappa shape index (κ1) is 26.3. The Morgan fingerprint density at radius 1 is 1.05 bits per heavy atom. The highest BCUT2D eigenvalue weighted by molar-refractivity contribution is 5.95. The number of ether oxygens (including phenoxy) is 2. The van der Waals surface area contributed by atoms with Crippen LogP contribution in [0.5, 0.6) is 11.5 Å². The maximum atomic E-state index is 13.7. The fraction of sp³-hybridized carbons (Fsp3) is 0.414. The van der Waals surface area contributed by atoms with E-state index in [1.807, 2.05) is 78.2 Å². The van der Waals surface area contributed by atoms with E-state index in [2.05, 4.69) is 0 Å². The summed E-state index contributed by atoms with van der Waals surface area (Å²) < 4.78 is 11.2. The SMILES string of the molecule is COc1ccc(OC)c2nc(N(C)C)c(CN(CCCN3CCCC3=O)C(=O)c3ccc(C)cc3)cc12. The molecule has 1 aromatic heterocycles. The van der Waals surface area contributed by atoms with Gasteiger partial charge in [-0.3, -0.25) is 9.59 Å². The molecule has 0 unspecified atom stereocenters. The van der Waals surface area contributed by atoms with Gasteiger partial charge >= 0.3 is 0 Å². The summed E-state index contributed by atoms with van der Waals surface area (Å²) in [7, 11) is 7.14. The summed E-state index contributed by atoms with van der Waals surface area (Å²) in [6, 6.07) is 13.4. The van der Waals surface area contributed by atoms with Crippen LogP contribution in [0.3, 0.4) is 0 Å². The van der Waals surface area contributed by atoms with Gasteiger partial charge in [-0.15, -0.1) is 0 Å². The molecule has 0 atom stereocenters. The van der Waals surface area contributed by atoms with E-state index in [0.717, 1.165) is 35.3 Å². The standard InChI is InChI=1S/C29H36N4O4/c1-20-9-11-21(12-10-20)29(35)33(17-7-16-32-15-6-8-26(32)34)19-22-18-23-24(36-4)13-14-25(37-5)27(23)30-28(22)31(2)3/h9-14,18H,6-8,15-17,19H2,1-5H3. The van der Waals surface area contributed by atoms with Gasteiger partial charge < -0.3 is 24.2 Å². The van der Waals surface area contributed by atoms with Crippen molar-refractivity contribution >= 4 is 28.5 Å².